The van der Waals surface area contributed by atoms with Gasteiger partial charge in [-0.1, -0.05) is 23.7 Å². The number of hydrogen-bond donors (Lipinski definition) is 1. The summed E-state index contributed by atoms with van der Waals surface area (Å²) < 4.78 is 30.0. The van der Waals surface area contributed by atoms with Gasteiger partial charge < -0.3 is 10.1 Å². The normalized spacial score (nSPS) is 11.4. The summed E-state index contributed by atoms with van der Waals surface area (Å²) in [6.07, 6.45) is 0.839. The van der Waals surface area contributed by atoms with Crippen LogP contribution in [0.5, 0.6) is 0 Å². The fourth-order valence-corrected chi connectivity index (χ4v) is 3.33. The maximum absolute atomic E-state index is 12.4. The molecule has 0 unspecified atom stereocenters. The first kappa shape index (κ1) is 18.6. The Bertz CT molecular complexity index is 734. The van der Waals surface area contributed by atoms with Gasteiger partial charge in [0.15, 0.2) is 5.03 Å². The van der Waals surface area contributed by atoms with Gasteiger partial charge in [0.25, 0.3) is 0 Å². The van der Waals surface area contributed by atoms with Crippen LogP contribution < -0.4 is 5.32 Å². The first-order valence-corrected chi connectivity index (χ1v) is 9.67. The third-order valence-corrected chi connectivity index (χ3v) is 5.02. The van der Waals surface area contributed by atoms with E-state index in [-0.39, 0.29) is 10.8 Å². The third-order valence-electron chi connectivity index (χ3n) is 3.20. The van der Waals surface area contributed by atoms with Crippen LogP contribution >= 0.6 is 11.6 Å². The molecule has 8 heteroatoms. The molecule has 2 rings (SSSR count). The minimum atomic E-state index is -3.54. The Labute approximate surface area is 147 Å². The summed E-state index contributed by atoms with van der Waals surface area (Å²) in [6.45, 7) is 4.00. The van der Waals surface area contributed by atoms with E-state index in [1.165, 1.54) is 6.07 Å². The topological polar surface area (TPSA) is 81.2 Å². The molecule has 1 heterocycles. The second kappa shape index (κ2) is 8.96. The molecule has 0 aliphatic rings. The number of sulfone groups is 1. The Balaban J connectivity index is 1.94. The van der Waals surface area contributed by atoms with Gasteiger partial charge in [-0.25, -0.2) is 8.42 Å². The van der Waals surface area contributed by atoms with Gasteiger partial charge in [-0.3, -0.25) is 0 Å². The van der Waals surface area contributed by atoms with Crippen molar-refractivity contribution in [1.29, 1.82) is 0 Å². The summed E-state index contributed by atoms with van der Waals surface area (Å²) in [7, 11) is -3.54. The molecule has 1 aromatic carbocycles. The van der Waals surface area contributed by atoms with Gasteiger partial charge >= 0.3 is 0 Å². The van der Waals surface area contributed by atoms with E-state index >= 15 is 0 Å². The summed E-state index contributed by atoms with van der Waals surface area (Å²) in [6, 6.07) is 9.76. The lowest BCUT2D eigenvalue weighted by molar-refractivity contribution is 0.147. The fraction of sp³-hybridized carbons (Fsp3) is 0.375. The van der Waals surface area contributed by atoms with Crippen molar-refractivity contribution >= 4 is 27.3 Å². The van der Waals surface area contributed by atoms with Crippen LogP contribution in [-0.2, 0) is 20.3 Å². The van der Waals surface area contributed by atoms with Gasteiger partial charge in [-0.05, 0) is 43.2 Å². The Hall–Kier alpha value is -1.70. The van der Waals surface area contributed by atoms with Crippen molar-refractivity contribution in [2.24, 2.45) is 0 Å². The van der Waals surface area contributed by atoms with E-state index in [9.17, 15) is 8.42 Å². The first-order chi connectivity index (χ1) is 11.5. The quantitative estimate of drug-likeness (QED) is 0.684. The molecule has 1 N–H and O–H groups in total. The number of nitrogens with zero attached hydrogens (tertiary/aromatic N) is 2. The monoisotopic (exact) mass is 369 g/mol. The van der Waals surface area contributed by atoms with Crippen LogP contribution in [0.25, 0.3) is 0 Å². The molecule has 0 fully saturated rings. The highest BCUT2D eigenvalue weighted by Crippen LogP contribution is 2.17. The minimum Gasteiger partial charge on any atom is -0.382 e. The number of benzene rings is 1. The highest BCUT2D eigenvalue weighted by atomic mass is 35.5. The van der Waals surface area contributed by atoms with E-state index < -0.39 is 9.84 Å². The van der Waals surface area contributed by atoms with Crippen LogP contribution in [0.4, 0.5) is 5.82 Å². The van der Waals surface area contributed by atoms with Crippen LogP contribution in [-0.4, -0.2) is 38.4 Å². The molecule has 24 heavy (non-hydrogen) atoms. The molecule has 0 aliphatic carbocycles. The number of rotatable bonds is 9. The molecular formula is C16H20ClN3O3S. The smallest absolute Gasteiger partial charge is 0.201 e. The zero-order valence-corrected chi connectivity index (χ0v) is 15.0. The molecule has 0 radical (unpaired) electrons. The molecule has 0 saturated carbocycles. The van der Waals surface area contributed by atoms with E-state index in [0.29, 0.717) is 36.2 Å². The predicted molar refractivity (Wildman–Crippen MR) is 94.0 cm³/mol. The number of halogens is 1. The molecule has 1 aromatic heterocycles. The van der Waals surface area contributed by atoms with E-state index in [1.807, 2.05) is 6.92 Å². The summed E-state index contributed by atoms with van der Waals surface area (Å²) in [4.78, 5) is 0. The molecule has 0 spiro atoms. The first-order valence-electron chi connectivity index (χ1n) is 7.64. The van der Waals surface area contributed by atoms with Gasteiger partial charge in [0.05, 0.1) is 5.75 Å². The second-order valence-corrected chi connectivity index (χ2v) is 7.49. The zero-order chi connectivity index (χ0) is 17.4. The van der Waals surface area contributed by atoms with Gasteiger partial charge in [0, 0.05) is 24.8 Å². The second-order valence-electron chi connectivity index (χ2n) is 5.12. The number of nitrogens with one attached hydrogen (secondary N) is 1. The van der Waals surface area contributed by atoms with Crippen molar-refractivity contribution in [3.63, 3.8) is 0 Å². The van der Waals surface area contributed by atoms with E-state index in [0.717, 1.165) is 6.42 Å². The van der Waals surface area contributed by atoms with Crippen LogP contribution in [0.2, 0.25) is 5.02 Å². The van der Waals surface area contributed by atoms with Crippen molar-refractivity contribution in [3.8, 4) is 0 Å². The molecule has 0 amide bonds. The summed E-state index contributed by atoms with van der Waals surface area (Å²) in [5.41, 5.74) is 0.652. The van der Waals surface area contributed by atoms with Crippen LogP contribution in [0.15, 0.2) is 41.4 Å². The fourth-order valence-electron chi connectivity index (χ4n) is 1.99. The van der Waals surface area contributed by atoms with Crippen LogP contribution in [0.1, 0.15) is 18.9 Å². The Morgan fingerprint density at radius 3 is 2.50 bits per heavy atom. The van der Waals surface area contributed by atoms with Crippen molar-refractivity contribution in [3.05, 3.63) is 47.0 Å². The molecule has 2 aromatic rings. The molecular weight excluding hydrogens is 350 g/mol. The lowest BCUT2D eigenvalue weighted by Crippen LogP contribution is -2.11. The molecule has 0 bridgehead atoms. The molecule has 6 nitrogen and oxygen atoms in total. The standard InChI is InChI=1S/C16H20ClN3O3S/c1-2-23-11-3-10-18-15-8-9-16(20-19-15)24(21,22)12-13-4-6-14(17)7-5-13/h4-9H,2-3,10-12H2,1H3,(H,18,19). The van der Waals surface area contributed by atoms with Gasteiger partial charge in [0.1, 0.15) is 5.82 Å². The van der Waals surface area contributed by atoms with Gasteiger partial charge in [0.2, 0.25) is 9.84 Å². The number of ether oxygens (including phenoxy) is 1. The Kier molecular flexibility index (Phi) is 6.96. The molecule has 0 atom stereocenters. The minimum absolute atomic E-state index is 0.0442. The van der Waals surface area contributed by atoms with Crippen molar-refractivity contribution in [1.82, 2.24) is 10.2 Å². The van der Waals surface area contributed by atoms with E-state index in [2.05, 4.69) is 15.5 Å². The summed E-state index contributed by atoms with van der Waals surface area (Å²) in [5.74, 6) is 0.400. The Morgan fingerprint density at radius 1 is 1.12 bits per heavy atom. The van der Waals surface area contributed by atoms with E-state index in [1.54, 1.807) is 30.3 Å². The summed E-state index contributed by atoms with van der Waals surface area (Å²) in [5, 5.41) is 11.3. The zero-order valence-electron chi connectivity index (χ0n) is 13.4. The summed E-state index contributed by atoms with van der Waals surface area (Å²) >= 11 is 5.80. The van der Waals surface area contributed by atoms with Crippen molar-refractivity contribution in [2.75, 3.05) is 25.1 Å². The van der Waals surface area contributed by atoms with Gasteiger partial charge in [-0.15, -0.1) is 10.2 Å². The number of anilines is 1. The van der Waals surface area contributed by atoms with Crippen molar-refractivity contribution < 1.29 is 13.2 Å². The Morgan fingerprint density at radius 2 is 1.88 bits per heavy atom. The average Bonchev–Trinajstić information content (AvgIpc) is 2.57. The predicted octanol–water partition coefficient (Wildman–Crippen LogP) is 2.94. The maximum Gasteiger partial charge on any atom is 0.201 e. The number of hydrogen-bond acceptors (Lipinski definition) is 6. The molecule has 0 saturated heterocycles. The number of aromatic nitrogens is 2. The van der Waals surface area contributed by atoms with Gasteiger partial charge in [-0.2, -0.15) is 0 Å². The lowest BCUT2D eigenvalue weighted by Gasteiger charge is -2.07. The van der Waals surface area contributed by atoms with Crippen molar-refractivity contribution in [2.45, 2.75) is 24.1 Å². The third kappa shape index (κ3) is 5.74. The van der Waals surface area contributed by atoms with Crippen LogP contribution in [0.3, 0.4) is 0 Å². The van der Waals surface area contributed by atoms with E-state index in [4.69, 9.17) is 16.3 Å². The van der Waals surface area contributed by atoms with Crippen LogP contribution in [0, 0.1) is 0 Å². The SMILES string of the molecule is CCOCCCNc1ccc(S(=O)(=O)Cc2ccc(Cl)cc2)nn1. The molecule has 130 valence electrons. The highest BCUT2D eigenvalue weighted by molar-refractivity contribution is 7.90. The lowest BCUT2D eigenvalue weighted by atomic mass is 10.2. The largest absolute Gasteiger partial charge is 0.382 e. The maximum atomic E-state index is 12.4. The average molecular weight is 370 g/mol. The highest BCUT2D eigenvalue weighted by Gasteiger charge is 2.17. The molecule has 0 aliphatic heterocycles.